The van der Waals surface area contributed by atoms with Gasteiger partial charge in [0.25, 0.3) is 11.8 Å². The van der Waals surface area contributed by atoms with E-state index in [1.807, 2.05) is 0 Å². The van der Waals surface area contributed by atoms with Crippen LogP contribution in [0.5, 0.6) is 5.88 Å². The Kier molecular flexibility index (Phi) is 12.0. The van der Waals surface area contributed by atoms with Crippen LogP contribution in [0.4, 0.5) is 18.0 Å². The van der Waals surface area contributed by atoms with Crippen LogP contribution in [0, 0.1) is 0 Å². The molecule has 2 aromatic rings. The number of carbonyl (C=O) groups excluding carboxylic acids is 5. The lowest BCUT2D eigenvalue weighted by Gasteiger charge is -2.35. The monoisotopic (exact) mass is 695 g/mol. The molecule has 1 aromatic heterocycles. The van der Waals surface area contributed by atoms with Crippen LogP contribution in [0.25, 0.3) is 5.69 Å². The Morgan fingerprint density at radius 2 is 1.69 bits per heavy atom. The molecule has 2 fully saturated rings. The summed E-state index contributed by atoms with van der Waals surface area (Å²) in [6, 6.07) is 6.88. The molecule has 0 spiro atoms. The number of carboxylic acids is 1. The highest BCUT2D eigenvalue weighted by Crippen LogP contribution is 2.22. The average Bonchev–Trinajstić information content (AvgIpc) is 3.74. The van der Waals surface area contributed by atoms with E-state index >= 15 is 0 Å². The van der Waals surface area contributed by atoms with Crippen molar-refractivity contribution in [3.05, 3.63) is 42.1 Å². The summed E-state index contributed by atoms with van der Waals surface area (Å²) in [6.07, 6.45) is -5.34. The number of carbonyl (C=O) groups is 6. The fourth-order valence-electron chi connectivity index (χ4n) is 5.34. The maximum absolute atomic E-state index is 13.4. The summed E-state index contributed by atoms with van der Waals surface area (Å²) in [6.45, 7) is 0.238. The molecular formula is C30H36F3N7O9. The number of aromatic nitrogens is 2. The van der Waals surface area contributed by atoms with Gasteiger partial charge in [-0.25, -0.2) is 9.48 Å². The minimum atomic E-state index is -4.62. The summed E-state index contributed by atoms with van der Waals surface area (Å²) >= 11 is 0. The first-order chi connectivity index (χ1) is 23.3. The number of alkyl halides is 3. The van der Waals surface area contributed by atoms with Crippen LogP contribution in [0.15, 0.2) is 36.4 Å². The van der Waals surface area contributed by atoms with Crippen LogP contribution in [-0.2, 0) is 23.9 Å². The minimum absolute atomic E-state index is 0.0835. The number of nitrogens with one attached hydrogen (secondary N) is 2. The van der Waals surface area contributed by atoms with Gasteiger partial charge in [0.2, 0.25) is 17.7 Å². The number of nitrogens with zero attached hydrogens (tertiary/aromatic N) is 5. The summed E-state index contributed by atoms with van der Waals surface area (Å²) in [4.78, 5) is 79.6. The molecule has 0 radical (unpaired) electrons. The van der Waals surface area contributed by atoms with Gasteiger partial charge in [-0.05, 0) is 31.9 Å². The fraction of sp³-hybridized carbons (Fsp3) is 0.500. The van der Waals surface area contributed by atoms with Crippen molar-refractivity contribution in [2.75, 3.05) is 52.5 Å². The molecular weight excluding hydrogens is 659 g/mol. The zero-order valence-electron chi connectivity index (χ0n) is 26.5. The Morgan fingerprint density at radius 1 is 1.02 bits per heavy atom. The maximum atomic E-state index is 13.4. The van der Waals surface area contributed by atoms with Crippen molar-refractivity contribution in [3.8, 4) is 11.6 Å². The van der Waals surface area contributed by atoms with Crippen LogP contribution in [0.2, 0.25) is 0 Å². The Morgan fingerprint density at radius 3 is 2.33 bits per heavy atom. The van der Waals surface area contributed by atoms with Crippen molar-refractivity contribution in [2.45, 2.75) is 44.4 Å². The molecule has 2 aliphatic rings. The number of hydrogen-bond donors (Lipinski definition) is 3. The summed E-state index contributed by atoms with van der Waals surface area (Å²) < 4.78 is 49.7. The Hall–Kier alpha value is -5.36. The van der Waals surface area contributed by atoms with Gasteiger partial charge in [-0.15, -0.1) is 0 Å². The molecule has 0 aliphatic carbocycles. The number of ether oxygens (including phenoxy) is 2. The Bertz CT molecular complexity index is 1530. The van der Waals surface area contributed by atoms with E-state index < -0.39 is 73.5 Å². The van der Waals surface area contributed by atoms with Gasteiger partial charge >= 0.3 is 18.2 Å². The van der Waals surface area contributed by atoms with E-state index in [0.29, 0.717) is 12.1 Å². The molecule has 0 saturated carbocycles. The number of aliphatic carboxylic acids is 1. The average molecular weight is 696 g/mol. The predicted octanol–water partition coefficient (Wildman–Crippen LogP) is 0.794. The second-order valence-corrected chi connectivity index (χ2v) is 11.1. The van der Waals surface area contributed by atoms with Crippen molar-refractivity contribution in [1.29, 1.82) is 0 Å². The molecule has 16 nitrogen and oxygen atoms in total. The number of piperazine rings is 1. The molecule has 19 heteroatoms. The first kappa shape index (κ1) is 36.5. The van der Waals surface area contributed by atoms with Crippen molar-refractivity contribution in [2.24, 2.45) is 0 Å². The van der Waals surface area contributed by atoms with E-state index in [2.05, 4.69) is 10.4 Å². The first-order valence-corrected chi connectivity index (χ1v) is 15.4. The maximum Gasteiger partial charge on any atom is 0.409 e. The standard InChI is InChI=1S/C30H36F3N7O9/c1-2-48-29(47)38-13-11-37(12-14-38)28(46)21(16-25(42)43)35-26(44)20-15-24(40(36-20)19-7-4-3-5-8-19)49-17-23(41)39-10-6-9-22(39)27(45)34-18-30(31,32)33/h3-5,7-8,15,21-22H,2,6,9-14,16-18H2,1H3,(H,34,45)(H,35,44)(H,42,43)/t21-,22-/m0/s1. The molecule has 3 heterocycles. The largest absolute Gasteiger partial charge is 0.481 e. The highest BCUT2D eigenvalue weighted by atomic mass is 19.4. The van der Waals surface area contributed by atoms with Gasteiger partial charge in [-0.1, -0.05) is 18.2 Å². The predicted molar refractivity (Wildman–Crippen MR) is 162 cm³/mol. The molecule has 3 N–H and O–H groups in total. The molecule has 49 heavy (non-hydrogen) atoms. The van der Waals surface area contributed by atoms with E-state index in [1.165, 1.54) is 20.5 Å². The highest BCUT2D eigenvalue weighted by molar-refractivity contribution is 5.97. The first-order valence-electron chi connectivity index (χ1n) is 15.4. The van der Waals surface area contributed by atoms with Crippen LogP contribution >= 0.6 is 0 Å². The summed E-state index contributed by atoms with van der Waals surface area (Å²) in [5.74, 6) is -4.68. The number of likely N-dealkylation sites (tertiary alicyclic amines) is 1. The second-order valence-electron chi connectivity index (χ2n) is 11.1. The minimum Gasteiger partial charge on any atom is -0.481 e. The third kappa shape index (κ3) is 9.83. The van der Waals surface area contributed by atoms with Gasteiger partial charge in [-0.2, -0.15) is 18.3 Å². The SMILES string of the molecule is CCOC(=O)N1CCN(C(=O)[C@H](CC(=O)O)NC(=O)c2cc(OCC(=O)N3CCC[C@H]3C(=O)NCC(F)(F)F)n(-c3ccccc3)n2)CC1. The number of amides is 5. The van der Waals surface area contributed by atoms with Crippen LogP contribution in [-0.4, -0.2) is 136 Å². The lowest BCUT2D eigenvalue weighted by Crippen LogP contribution is -2.56. The van der Waals surface area contributed by atoms with E-state index in [-0.39, 0.29) is 57.3 Å². The normalized spacial score (nSPS) is 16.9. The third-order valence-corrected chi connectivity index (χ3v) is 7.69. The summed E-state index contributed by atoms with van der Waals surface area (Å²) in [5.41, 5.74) is 0.124. The number of benzene rings is 1. The lowest BCUT2D eigenvalue weighted by molar-refractivity contribution is -0.145. The van der Waals surface area contributed by atoms with Gasteiger partial charge in [0.15, 0.2) is 12.3 Å². The summed E-state index contributed by atoms with van der Waals surface area (Å²) in [5, 5.41) is 17.9. The Balaban J connectivity index is 1.46. The quantitative estimate of drug-likeness (QED) is 0.286. The molecule has 5 amide bonds. The van der Waals surface area contributed by atoms with Crippen LogP contribution in [0.3, 0.4) is 0 Å². The lowest BCUT2D eigenvalue weighted by atomic mass is 10.1. The van der Waals surface area contributed by atoms with Crippen LogP contribution in [0.1, 0.15) is 36.7 Å². The third-order valence-electron chi connectivity index (χ3n) is 7.69. The molecule has 0 bridgehead atoms. The molecule has 2 saturated heterocycles. The number of para-hydroxylation sites is 1. The van der Waals surface area contributed by atoms with Crippen molar-refractivity contribution in [3.63, 3.8) is 0 Å². The number of halogens is 3. The highest BCUT2D eigenvalue weighted by Gasteiger charge is 2.37. The van der Waals surface area contributed by atoms with Crippen molar-refractivity contribution >= 4 is 35.7 Å². The van der Waals surface area contributed by atoms with Crippen molar-refractivity contribution < 1.29 is 56.5 Å². The van der Waals surface area contributed by atoms with E-state index in [1.54, 1.807) is 42.6 Å². The smallest absolute Gasteiger partial charge is 0.409 e. The molecule has 266 valence electrons. The number of hydrogen-bond acceptors (Lipinski definition) is 9. The zero-order valence-corrected chi connectivity index (χ0v) is 26.5. The number of rotatable bonds is 12. The second kappa shape index (κ2) is 16.2. The molecule has 2 aliphatic heterocycles. The molecule has 1 aromatic carbocycles. The van der Waals surface area contributed by atoms with Gasteiger partial charge in [0.05, 0.1) is 18.7 Å². The van der Waals surface area contributed by atoms with E-state index in [0.717, 1.165) is 4.90 Å². The zero-order chi connectivity index (χ0) is 35.7. The Labute approximate surface area is 278 Å². The van der Waals surface area contributed by atoms with Gasteiger partial charge in [-0.3, -0.25) is 24.0 Å². The van der Waals surface area contributed by atoms with Gasteiger partial charge in [0.1, 0.15) is 18.6 Å². The van der Waals surface area contributed by atoms with Crippen LogP contribution < -0.4 is 15.4 Å². The molecule has 0 unspecified atom stereocenters. The van der Waals surface area contributed by atoms with E-state index in [9.17, 15) is 47.0 Å². The summed E-state index contributed by atoms with van der Waals surface area (Å²) in [7, 11) is 0. The molecule has 2 atom stereocenters. The van der Waals surface area contributed by atoms with Gasteiger partial charge in [0, 0.05) is 38.8 Å². The fourth-order valence-corrected chi connectivity index (χ4v) is 5.34. The van der Waals surface area contributed by atoms with E-state index in [4.69, 9.17) is 9.47 Å². The topological polar surface area (TPSA) is 193 Å². The van der Waals surface area contributed by atoms with Crippen molar-refractivity contribution in [1.82, 2.24) is 35.1 Å². The van der Waals surface area contributed by atoms with Gasteiger partial charge < -0.3 is 39.9 Å². The number of carboxylic acid groups (broad SMARTS) is 1. The molecule has 4 rings (SSSR count).